The Hall–Kier alpha value is -2.20. The summed E-state index contributed by atoms with van der Waals surface area (Å²) in [6, 6.07) is -3.68. The summed E-state index contributed by atoms with van der Waals surface area (Å²) in [7, 11) is 0. The first-order chi connectivity index (χ1) is 11.1. The molecule has 0 aliphatic heterocycles. The smallest absolute Gasteiger partial charge is 0.326 e. The summed E-state index contributed by atoms with van der Waals surface area (Å²) in [5.74, 6) is -3.99. The van der Waals surface area contributed by atoms with E-state index in [0.29, 0.717) is 0 Å². The molecule has 0 saturated heterocycles. The van der Waals surface area contributed by atoms with Crippen molar-refractivity contribution in [3.8, 4) is 0 Å². The Bertz CT molecular complexity index is 467. The molecule has 0 radical (unpaired) electrons. The quantitative estimate of drug-likeness (QED) is 0.255. The molecule has 0 aromatic carbocycles. The first kappa shape index (κ1) is 21.8. The molecule has 2 amide bonds. The highest BCUT2D eigenvalue weighted by molar-refractivity contribution is 5.91. The van der Waals surface area contributed by atoms with Crippen LogP contribution < -0.4 is 16.4 Å². The molecule has 0 spiro atoms. The van der Waals surface area contributed by atoms with E-state index in [2.05, 4.69) is 10.6 Å². The van der Waals surface area contributed by atoms with Crippen molar-refractivity contribution >= 4 is 23.8 Å². The van der Waals surface area contributed by atoms with E-state index < -0.39 is 48.5 Å². The zero-order valence-corrected chi connectivity index (χ0v) is 13.7. The van der Waals surface area contributed by atoms with Crippen LogP contribution in [0.1, 0.15) is 33.1 Å². The van der Waals surface area contributed by atoms with Crippen molar-refractivity contribution in [1.82, 2.24) is 10.6 Å². The van der Waals surface area contributed by atoms with Gasteiger partial charge in [-0.2, -0.15) is 0 Å². The number of nitrogens with two attached hydrogens (primary N) is 1. The fourth-order valence-electron chi connectivity index (χ4n) is 1.85. The summed E-state index contributed by atoms with van der Waals surface area (Å²) in [6.07, 6.45) is -0.266. The maximum absolute atomic E-state index is 12.0. The molecule has 0 aliphatic rings. The Labute approximate surface area is 139 Å². The predicted molar refractivity (Wildman–Crippen MR) is 82.9 cm³/mol. The summed E-state index contributed by atoms with van der Waals surface area (Å²) in [4.78, 5) is 45.4. The number of carboxylic acid groups (broad SMARTS) is 2. The average Bonchev–Trinajstić information content (AvgIpc) is 2.48. The second kappa shape index (κ2) is 10.6. The number of aliphatic hydroxyl groups excluding tert-OH is 1. The minimum absolute atomic E-state index is 0.0120. The van der Waals surface area contributed by atoms with Crippen LogP contribution in [-0.2, 0) is 19.2 Å². The van der Waals surface area contributed by atoms with Crippen molar-refractivity contribution in [2.75, 3.05) is 6.61 Å². The largest absolute Gasteiger partial charge is 0.481 e. The fourth-order valence-corrected chi connectivity index (χ4v) is 1.85. The number of carbonyl (C=O) groups is 4. The molecule has 0 aromatic rings. The van der Waals surface area contributed by atoms with Gasteiger partial charge in [0.15, 0.2) is 0 Å². The number of hydrogen-bond donors (Lipinski definition) is 6. The van der Waals surface area contributed by atoms with Crippen molar-refractivity contribution in [3.05, 3.63) is 0 Å². The molecule has 7 N–H and O–H groups in total. The number of aliphatic carboxylic acids is 2. The molecule has 0 aromatic heterocycles. The number of nitrogens with one attached hydrogen (secondary N) is 2. The average molecular weight is 347 g/mol. The molecular weight excluding hydrogens is 322 g/mol. The molecule has 0 rings (SSSR count). The molecule has 0 saturated carbocycles. The molecule has 3 atom stereocenters. The standard InChI is InChI=1S/C14H25N3O7/c1-7(2)5-9(14(23)24)16-13(22)10(6-18)17-12(21)8(15)3-4-11(19)20/h7-10,18H,3-6,15H2,1-2H3,(H,16,22)(H,17,21)(H,19,20)(H,23,24)/t8-,9-,10-/m0/s1. The second-order valence-corrected chi connectivity index (χ2v) is 5.81. The van der Waals surface area contributed by atoms with Gasteiger partial charge in [0.25, 0.3) is 0 Å². The van der Waals surface area contributed by atoms with Crippen molar-refractivity contribution in [2.45, 2.75) is 51.2 Å². The summed E-state index contributed by atoms with van der Waals surface area (Å²) in [5, 5.41) is 31.3. The van der Waals surface area contributed by atoms with Crippen molar-refractivity contribution in [2.24, 2.45) is 11.7 Å². The Morgan fingerprint density at radius 2 is 1.54 bits per heavy atom. The summed E-state index contributed by atoms with van der Waals surface area (Å²) in [6.45, 7) is 2.82. The minimum Gasteiger partial charge on any atom is -0.481 e. The van der Waals surface area contributed by atoms with E-state index in [1.54, 1.807) is 13.8 Å². The molecule has 0 aliphatic carbocycles. The van der Waals surface area contributed by atoms with Gasteiger partial charge in [-0.25, -0.2) is 4.79 Å². The molecule has 0 unspecified atom stereocenters. The van der Waals surface area contributed by atoms with Gasteiger partial charge in [-0.15, -0.1) is 0 Å². The van der Waals surface area contributed by atoms with Crippen LogP contribution in [0.25, 0.3) is 0 Å². The van der Waals surface area contributed by atoms with Crippen molar-refractivity contribution in [3.63, 3.8) is 0 Å². The highest BCUT2D eigenvalue weighted by Crippen LogP contribution is 2.05. The van der Waals surface area contributed by atoms with E-state index in [9.17, 15) is 24.3 Å². The Kier molecular flexibility index (Phi) is 9.58. The van der Waals surface area contributed by atoms with Crippen LogP contribution in [0, 0.1) is 5.92 Å². The van der Waals surface area contributed by atoms with Crippen LogP contribution in [0.4, 0.5) is 0 Å². The van der Waals surface area contributed by atoms with Crippen LogP contribution in [0.2, 0.25) is 0 Å². The lowest BCUT2D eigenvalue weighted by Crippen LogP contribution is -2.56. The number of amides is 2. The predicted octanol–water partition coefficient (Wildman–Crippen LogP) is -1.73. The minimum atomic E-state index is -1.37. The van der Waals surface area contributed by atoms with Crippen molar-refractivity contribution in [1.29, 1.82) is 0 Å². The SMILES string of the molecule is CC(C)C[C@H](NC(=O)[C@H](CO)NC(=O)[C@@H](N)CCC(=O)O)C(=O)O. The Morgan fingerprint density at radius 3 is 1.96 bits per heavy atom. The first-order valence-corrected chi connectivity index (χ1v) is 7.50. The van der Waals surface area contributed by atoms with Gasteiger partial charge in [-0.05, 0) is 18.8 Å². The van der Waals surface area contributed by atoms with Gasteiger partial charge in [0.05, 0.1) is 12.6 Å². The van der Waals surface area contributed by atoms with E-state index in [1.807, 2.05) is 0 Å². The number of rotatable bonds is 11. The van der Waals surface area contributed by atoms with Gasteiger partial charge < -0.3 is 31.7 Å². The zero-order valence-electron chi connectivity index (χ0n) is 13.7. The highest BCUT2D eigenvalue weighted by Gasteiger charge is 2.28. The molecule has 0 bridgehead atoms. The van der Waals surface area contributed by atoms with Crippen LogP contribution in [0.15, 0.2) is 0 Å². The highest BCUT2D eigenvalue weighted by atomic mass is 16.4. The third-order valence-corrected chi connectivity index (χ3v) is 3.14. The van der Waals surface area contributed by atoms with Crippen LogP contribution in [0.3, 0.4) is 0 Å². The van der Waals surface area contributed by atoms with E-state index in [1.165, 1.54) is 0 Å². The van der Waals surface area contributed by atoms with Gasteiger partial charge in [0.1, 0.15) is 12.1 Å². The van der Waals surface area contributed by atoms with Gasteiger partial charge in [-0.1, -0.05) is 13.8 Å². The molecule has 138 valence electrons. The number of carboxylic acids is 2. The van der Waals surface area contributed by atoms with Crippen LogP contribution in [0.5, 0.6) is 0 Å². The maximum atomic E-state index is 12.0. The lowest BCUT2D eigenvalue weighted by molar-refractivity contribution is -0.143. The Balaban J connectivity index is 4.70. The lowest BCUT2D eigenvalue weighted by Gasteiger charge is -2.22. The Morgan fingerprint density at radius 1 is 1.00 bits per heavy atom. The van der Waals surface area contributed by atoms with Crippen LogP contribution >= 0.6 is 0 Å². The van der Waals surface area contributed by atoms with E-state index in [0.717, 1.165) is 0 Å². The fraction of sp³-hybridized carbons (Fsp3) is 0.714. The molecule has 24 heavy (non-hydrogen) atoms. The molecular formula is C14H25N3O7. The zero-order chi connectivity index (χ0) is 18.9. The van der Waals surface area contributed by atoms with Crippen molar-refractivity contribution < 1.29 is 34.5 Å². The maximum Gasteiger partial charge on any atom is 0.326 e. The third-order valence-electron chi connectivity index (χ3n) is 3.14. The van der Waals surface area contributed by atoms with Gasteiger partial charge in [-0.3, -0.25) is 14.4 Å². The van der Waals surface area contributed by atoms with Gasteiger partial charge in [0, 0.05) is 6.42 Å². The second-order valence-electron chi connectivity index (χ2n) is 5.81. The summed E-state index contributed by atoms with van der Waals surface area (Å²) in [5.41, 5.74) is 5.50. The monoisotopic (exact) mass is 347 g/mol. The number of hydrogen-bond acceptors (Lipinski definition) is 6. The van der Waals surface area contributed by atoms with Gasteiger partial charge >= 0.3 is 11.9 Å². The van der Waals surface area contributed by atoms with E-state index >= 15 is 0 Å². The van der Waals surface area contributed by atoms with Gasteiger partial charge in [0.2, 0.25) is 11.8 Å². The number of aliphatic hydroxyl groups is 1. The van der Waals surface area contributed by atoms with E-state index in [-0.39, 0.29) is 25.2 Å². The first-order valence-electron chi connectivity index (χ1n) is 7.50. The topological polar surface area (TPSA) is 179 Å². The molecule has 10 heteroatoms. The normalized spacial score (nSPS) is 14.5. The molecule has 0 fully saturated rings. The third kappa shape index (κ3) is 8.44. The summed E-state index contributed by atoms with van der Waals surface area (Å²) >= 11 is 0. The number of carbonyl (C=O) groups excluding carboxylic acids is 2. The van der Waals surface area contributed by atoms with E-state index in [4.69, 9.17) is 15.9 Å². The molecule has 10 nitrogen and oxygen atoms in total. The lowest BCUT2D eigenvalue weighted by atomic mass is 10.0. The van der Waals surface area contributed by atoms with Crippen LogP contribution in [-0.4, -0.2) is 63.8 Å². The molecule has 0 heterocycles. The summed E-state index contributed by atoms with van der Waals surface area (Å²) < 4.78 is 0.